The molecule has 0 unspecified atom stereocenters. The topological polar surface area (TPSA) is 124 Å². The van der Waals surface area contributed by atoms with Crippen LogP contribution in [0.4, 0.5) is 11.4 Å². The molecular weight excluding hydrogens is 661 g/mol. The lowest BCUT2D eigenvalue weighted by Gasteiger charge is -2.35. The number of benzene rings is 1. The highest BCUT2D eigenvalue weighted by Crippen LogP contribution is 2.46. The van der Waals surface area contributed by atoms with Crippen molar-refractivity contribution in [3.8, 4) is 17.2 Å². The smallest absolute Gasteiger partial charge is 0.311 e. The molecule has 1 N–H and O–H groups in total. The molecule has 0 saturated heterocycles. The standard InChI is InChI=1S/C27H31ClIN7O3Si/c1-40(2,3)9-8-39-16-34-26(28)23(18-4-5-21-19(12-18)13-32-35(21)15-29)24-25(22(36(37)38)14-31-27(24)34)33-20-10-17(11-20)6-7-30/h4-5,12-14,17,20H,6,8-11,15-16H2,1-3H3,(H,31,33). The van der Waals surface area contributed by atoms with Crippen molar-refractivity contribution in [1.82, 2.24) is 19.3 Å². The zero-order valence-electron chi connectivity index (χ0n) is 22.7. The molecule has 1 aliphatic carbocycles. The van der Waals surface area contributed by atoms with Gasteiger partial charge in [0.15, 0.2) is 0 Å². The minimum atomic E-state index is -1.29. The summed E-state index contributed by atoms with van der Waals surface area (Å²) in [5, 5.41) is 31.1. The average molecular weight is 692 g/mol. The van der Waals surface area contributed by atoms with E-state index in [-0.39, 0.29) is 18.5 Å². The van der Waals surface area contributed by atoms with E-state index in [9.17, 15) is 10.1 Å². The van der Waals surface area contributed by atoms with Crippen molar-refractivity contribution in [3.05, 3.63) is 45.9 Å². The van der Waals surface area contributed by atoms with Crippen molar-refractivity contribution in [2.45, 2.75) is 62.3 Å². The Morgan fingerprint density at radius 3 is 2.77 bits per heavy atom. The molecule has 3 heterocycles. The third kappa shape index (κ3) is 5.70. The van der Waals surface area contributed by atoms with Crippen LogP contribution >= 0.6 is 34.2 Å². The summed E-state index contributed by atoms with van der Waals surface area (Å²) in [6, 6.07) is 9.23. The Balaban J connectivity index is 1.64. The van der Waals surface area contributed by atoms with E-state index in [0.717, 1.165) is 35.4 Å². The van der Waals surface area contributed by atoms with Gasteiger partial charge in [-0.25, -0.2) is 4.98 Å². The predicted molar refractivity (Wildman–Crippen MR) is 169 cm³/mol. The van der Waals surface area contributed by atoms with Gasteiger partial charge in [0.25, 0.3) is 0 Å². The molecule has 5 rings (SSSR count). The average Bonchev–Trinajstić information content (AvgIpc) is 3.42. The van der Waals surface area contributed by atoms with Crippen LogP contribution in [0.2, 0.25) is 30.8 Å². The Bertz CT molecular complexity index is 1620. The maximum atomic E-state index is 12.2. The van der Waals surface area contributed by atoms with Gasteiger partial charge in [-0.15, -0.1) is 0 Å². The number of nitro groups is 1. The predicted octanol–water partition coefficient (Wildman–Crippen LogP) is 7.42. The first kappa shape index (κ1) is 28.8. The molecule has 0 amide bonds. The Labute approximate surface area is 251 Å². The van der Waals surface area contributed by atoms with Crippen LogP contribution in [0.1, 0.15) is 19.3 Å². The molecular formula is C27H31ClIN7O3Si. The lowest BCUT2D eigenvalue weighted by Crippen LogP contribution is -2.35. The first-order valence-electron chi connectivity index (χ1n) is 13.2. The van der Waals surface area contributed by atoms with Crippen LogP contribution in [-0.4, -0.2) is 45.0 Å². The highest BCUT2D eigenvalue weighted by atomic mass is 127. The second kappa shape index (κ2) is 11.6. The summed E-state index contributed by atoms with van der Waals surface area (Å²) in [5.74, 6) is 0.295. The molecule has 13 heteroatoms. The van der Waals surface area contributed by atoms with E-state index >= 15 is 0 Å². The van der Waals surface area contributed by atoms with Crippen LogP contribution in [0.15, 0.2) is 30.6 Å². The van der Waals surface area contributed by atoms with Gasteiger partial charge in [-0.05, 0) is 42.5 Å². The Kier molecular flexibility index (Phi) is 8.37. The molecule has 0 aliphatic heterocycles. The van der Waals surface area contributed by atoms with Gasteiger partial charge in [-0.2, -0.15) is 10.4 Å². The molecule has 40 heavy (non-hydrogen) atoms. The van der Waals surface area contributed by atoms with Gasteiger partial charge in [0.05, 0.1) is 32.6 Å². The molecule has 0 bridgehead atoms. The van der Waals surface area contributed by atoms with Crippen LogP contribution < -0.4 is 5.32 Å². The quantitative estimate of drug-likeness (QED) is 0.0434. The van der Waals surface area contributed by atoms with Crippen molar-refractivity contribution in [2.24, 2.45) is 5.92 Å². The number of nitrogens with zero attached hydrogens (tertiary/aromatic N) is 6. The second-order valence-electron chi connectivity index (χ2n) is 11.5. The summed E-state index contributed by atoms with van der Waals surface area (Å²) in [4.78, 5) is 16.3. The van der Waals surface area contributed by atoms with Gasteiger partial charge in [0, 0.05) is 38.1 Å². The number of alkyl halides is 1. The SMILES string of the molecule is C[Si](C)(C)CCOCn1c(Cl)c(-c2ccc3c(cnn3CI)c2)c2c(NC3CC(CC#N)C3)c([N+](=O)[O-])cnc21. The van der Waals surface area contributed by atoms with Crippen LogP contribution in [0.5, 0.6) is 0 Å². The first-order valence-corrected chi connectivity index (χ1v) is 18.8. The van der Waals surface area contributed by atoms with E-state index in [0.29, 0.717) is 50.9 Å². The number of rotatable bonds is 11. The summed E-state index contributed by atoms with van der Waals surface area (Å²) < 4.78 is 10.5. The van der Waals surface area contributed by atoms with Crippen molar-refractivity contribution in [1.29, 1.82) is 5.26 Å². The van der Waals surface area contributed by atoms with Crippen molar-refractivity contribution < 1.29 is 9.66 Å². The van der Waals surface area contributed by atoms with Crippen molar-refractivity contribution in [3.63, 3.8) is 0 Å². The molecule has 0 radical (unpaired) electrons. The number of halogens is 2. The molecule has 1 aromatic carbocycles. The van der Waals surface area contributed by atoms with Gasteiger partial charge < -0.3 is 10.1 Å². The van der Waals surface area contributed by atoms with Gasteiger partial charge in [-0.3, -0.25) is 19.4 Å². The number of nitriles is 1. The largest absolute Gasteiger partial charge is 0.376 e. The molecule has 1 aliphatic rings. The third-order valence-electron chi connectivity index (χ3n) is 7.41. The summed E-state index contributed by atoms with van der Waals surface area (Å²) in [6.45, 7) is 7.67. The minimum absolute atomic E-state index is 0.0231. The van der Waals surface area contributed by atoms with Crippen LogP contribution in [0.25, 0.3) is 33.1 Å². The van der Waals surface area contributed by atoms with Gasteiger partial charge in [0.1, 0.15) is 29.4 Å². The molecule has 1 saturated carbocycles. The van der Waals surface area contributed by atoms with E-state index < -0.39 is 13.0 Å². The number of hydrogen-bond donors (Lipinski definition) is 1. The lowest BCUT2D eigenvalue weighted by molar-refractivity contribution is -0.384. The van der Waals surface area contributed by atoms with Crippen LogP contribution in [0, 0.1) is 27.4 Å². The van der Waals surface area contributed by atoms with E-state index in [2.05, 4.69) is 63.7 Å². The number of pyridine rings is 1. The molecule has 0 atom stereocenters. The Morgan fingerprint density at radius 2 is 2.10 bits per heavy atom. The number of hydrogen-bond acceptors (Lipinski definition) is 7. The number of nitrogens with one attached hydrogen (secondary N) is 1. The van der Waals surface area contributed by atoms with Gasteiger partial charge >= 0.3 is 5.69 Å². The van der Waals surface area contributed by atoms with E-state index in [1.54, 1.807) is 4.57 Å². The zero-order valence-corrected chi connectivity index (χ0v) is 26.6. The van der Waals surface area contributed by atoms with Crippen molar-refractivity contribution >= 4 is 75.6 Å². The summed E-state index contributed by atoms with van der Waals surface area (Å²) in [6.07, 6.45) is 5.15. The molecule has 1 fully saturated rings. The Morgan fingerprint density at radius 1 is 1.32 bits per heavy atom. The lowest BCUT2D eigenvalue weighted by atomic mass is 9.78. The van der Waals surface area contributed by atoms with Crippen molar-refractivity contribution in [2.75, 3.05) is 11.9 Å². The number of ether oxygens (including phenoxy) is 1. The third-order valence-corrected chi connectivity index (χ3v) is 10.2. The summed E-state index contributed by atoms with van der Waals surface area (Å²) in [7, 11) is -1.29. The summed E-state index contributed by atoms with van der Waals surface area (Å²) in [5.41, 5.74) is 3.30. The van der Waals surface area contributed by atoms with Crippen LogP contribution in [0.3, 0.4) is 0 Å². The highest BCUT2D eigenvalue weighted by molar-refractivity contribution is 14.1. The van der Waals surface area contributed by atoms with Gasteiger partial charge in [-0.1, -0.05) is 59.9 Å². The Hall–Kier alpha value is -2.73. The molecule has 210 valence electrons. The molecule has 3 aromatic heterocycles. The summed E-state index contributed by atoms with van der Waals surface area (Å²) >= 11 is 9.35. The number of aromatic nitrogens is 4. The van der Waals surface area contributed by atoms with Crippen LogP contribution in [-0.2, 0) is 16.0 Å². The first-order chi connectivity index (χ1) is 19.1. The fraction of sp³-hybridized carbons (Fsp3) is 0.444. The fourth-order valence-electron chi connectivity index (χ4n) is 5.16. The maximum Gasteiger partial charge on any atom is 0.311 e. The molecule has 4 aromatic rings. The van der Waals surface area contributed by atoms with E-state index in [1.165, 1.54) is 6.20 Å². The van der Waals surface area contributed by atoms with E-state index in [1.807, 2.05) is 29.1 Å². The normalized spacial score (nSPS) is 17.2. The zero-order chi connectivity index (χ0) is 28.6. The van der Waals surface area contributed by atoms with E-state index in [4.69, 9.17) is 21.6 Å². The fourth-order valence-corrected chi connectivity index (χ4v) is 6.79. The number of anilines is 1. The highest BCUT2D eigenvalue weighted by Gasteiger charge is 2.33. The van der Waals surface area contributed by atoms with Gasteiger partial charge in [0.2, 0.25) is 0 Å². The molecule has 10 nitrogen and oxygen atoms in total. The molecule has 0 spiro atoms. The maximum absolute atomic E-state index is 12.2. The monoisotopic (exact) mass is 691 g/mol. The second-order valence-corrected chi connectivity index (χ2v) is 18.2. The minimum Gasteiger partial charge on any atom is -0.376 e. The number of fused-ring (bicyclic) bond motifs is 2.